The Balaban J connectivity index is 2.03. The molecule has 3 aromatic rings. The molecular weight excluding hydrogens is 278 g/mol. The van der Waals surface area contributed by atoms with Crippen LogP contribution in [0.5, 0.6) is 5.75 Å². The van der Waals surface area contributed by atoms with Crippen molar-refractivity contribution in [2.45, 2.75) is 6.92 Å². The number of phenols is 1. The van der Waals surface area contributed by atoms with Gasteiger partial charge in [-0.3, -0.25) is 0 Å². The molecule has 21 heavy (non-hydrogen) atoms. The Kier molecular flexibility index (Phi) is 3.13. The van der Waals surface area contributed by atoms with Crippen LogP contribution in [-0.4, -0.2) is 15.2 Å². The fourth-order valence-corrected chi connectivity index (χ4v) is 1.96. The largest absolute Gasteiger partial charge is 0.507 e. The van der Waals surface area contributed by atoms with Crippen LogP contribution >= 0.6 is 0 Å². The minimum Gasteiger partial charge on any atom is -0.507 e. The Hall–Kier alpha value is -2.76. The Morgan fingerprint density at radius 3 is 2.43 bits per heavy atom. The van der Waals surface area contributed by atoms with E-state index in [-0.39, 0.29) is 23.0 Å². The van der Waals surface area contributed by atoms with Gasteiger partial charge in [-0.05, 0) is 36.8 Å². The van der Waals surface area contributed by atoms with E-state index in [1.807, 2.05) is 6.92 Å². The molecule has 0 saturated heterocycles. The first-order valence-electron chi connectivity index (χ1n) is 6.13. The first kappa shape index (κ1) is 13.2. The van der Waals surface area contributed by atoms with Gasteiger partial charge in [0.1, 0.15) is 17.4 Å². The van der Waals surface area contributed by atoms with Crippen LogP contribution in [-0.2, 0) is 0 Å². The molecule has 0 aliphatic carbocycles. The highest BCUT2D eigenvalue weighted by Crippen LogP contribution is 2.30. The molecule has 1 heterocycles. The quantitative estimate of drug-likeness (QED) is 0.781. The van der Waals surface area contributed by atoms with Crippen molar-refractivity contribution >= 4 is 0 Å². The van der Waals surface area contributed by atoms with Gasteiger partial charge in [-0.25, -0.2) is 8.78 Å². The molecule has 0 aliphatic rings. The van der Waals surface area contributed by atoms with Crippen LogP contribution in [0.3, 0.4) is 0 Å². The van der Waals surface area contributed by atoms with Crippen LogP contribution in [0.25, 0.3) is 22.8 Å². The summed E-state index contributed by atoms with van der Waals surface area (Å²) >= 11 is 0. The Labute approximate surface area is 118 Å². The van der Waals surface area contributed by atoms with Crippen LogP contribution in [0.2, 0.25) is 0 Å². The summed E-state index contributed by atoms with van der Waals surface area (Å²) in [5.74, 6) is -1.34. The first-order chi connectivity index (χ1) is 10.0. The summed E-state index contributed by atoms with van der Waals surface area (Å²) in [6.45, 7) is 1.83. The van der Waals surface area contributed by atoms with Crippen molar-refractivity contribution in [1.82, 2.24) is 10.1 Å². The highest BCUT2D eigenvalue weighted by atomic mass is 19.1. The second kappa shape index (κ2) is 4.97. The predicted molar refractivity (Wildman–Crippen MR) is 71.5 cm³/mol. The monoisotopic (exact) mass is 288 g/mol. The summed E-state index contributed by atoms with van der Waals surface area (Å²) in [7, 11) is 0. The van der Waals surface area contributed by atoms with Crippen molar-refractivity contribution < 1.29 is 18.4 Å². The van der Waals surface area contributed by atoms with Gasteiger partial charge in [0, 0.05) is 11.6 Å². The molecule has 0 radical (unpaired) electrons. The third-order valence-corrected chi connectivity index (χ3v) is 2.93. The molecule has 0 spiro atoms. The predicted octanol–water partition coefficient (Wildman–Crippen LogP) is 3.70. The normalized spacial score (nSPS) is 10.8. The average Bonchev–Trinajstić information content (AvgIpc) is 2.87. The molecule has 0 amide bonds. The standard InChI is InChI=1S/C15H10F2N2O2/c1-8-2-3-12(13(20)4-8)15-18-14(19-21-15)9-5-10(16)7-11(17)6-9/h2-7,20H,1H3. The molecular formula is C15H10F2N2O2. The van der Waals surface area contributed by atoms with Crippen molar-refractivity contribution in [2.75, 3.05) is 0 Å². The summed E-state index contributed by atoms with van der Waals surface area (Å²) in [6.07, 6.45) is 0. The zero-order valence-corrected chi connectivity index (χ0v) is 11.0. The third-order valence-electron chi connectivity index (χ3n) is 2.93. The van der Waals surface area contributed by atoms with Crippen LogP contribution < -0.4 is 0 Å². The summed E-state index contributed by atoms with van der Waals surface area (Å²) in [6, 6.07) is 7.94. The molecule has 4 nitrogen and oxygen atoms in total. The lowest BCUT2D eigenvalue weighted by Crippen LogP contribution is -1.86. The number of phenolic OH excluding ortho intramolecular Hbond substituents is 1. The van der Waals surface area contributed by atoms with Gasteiger partial charge in [-0.2, -0.15) is 4.98 Å². The number of aromatic nitrogens is 2. The van der Waals surface area contributed by atoms with E-state index in [1.165, 1.54) is 0 Å². The molecule has 0 unspecified atom stereocenters. The Morgan fingerprint density at radius 1 is 1.05 bits per heavy atom. The van der Waals surface area contributed by atoms with E-state index in [0.29, 0.717) is 5.56 Å². The molecule has 0 atom stereocenters. The van der Waals surface area contributed by atoms with E-state index in [1.54, 1.807) is 18.2 Å². The molecule has 6 heteroatoms. The SMILES string of the molecule is Cc1ccc(-c2nc(-c3cc(F)cc(F)c3)no2)c(O)c1. The number of aromatic hydroxyl groups is 1. The molecule has 1 aromatic heterocycles. The van der Waals surface area contributed by atoms with Gasteiger partial charge >= 0.3 is 0 Å². The van der Waals surface area contributed by atoms with Crippen molar-refractivity contribution in [1.29, 1.82) is 0 Å². The number of hydrogen-bond donors (Lipinski definition) is 1. The fourth-order valence-electron chi connectivity index (χ4n) is 1.96. The average molecular weight is 288 g/mol. The second-order valence-electron chi connectivity index (χ2n) is 4.60. The van der Waals surface area contributed by atoms with E-state index in [0.717, 1.165) is 23.8 Å². The molecule has 0 aliphatic heterocycles. The summed E-state index contributed by atoms with van der Waals surface area (Å²) in [4.78, 5) is 4.05. The van der Waals surface area contributed by atoms with E-state index in [9.17, 15) is 13.9 Å². The zero-order valence-electron chi connectivity index (χ0n) is 11.0. The third kappa shape index (κ3) is 2.60. The van der Waals surface area contributed by atoms with Gasteiger partial charge in [0.15, 0.2) is 0 Å². The van der Waals surface area contributed by atoms with E-state index in [2.05, 4.69) is 10.1 Å². The Bertz CT molecular complexity index is 795. The maximum atomic E-state index is 13.2. The number of halogens is 2. The van der Waals surface area contributed by atoms with Crippen LogP contribution in [0.4, 0.5) is 8.78 Å². The molecule has 2 aromatic carbocycles. The highest BCUT2D eigenvalue weighted by molar-refractivity contribution is 5.65. The lowest BCUT2D eigenvalue weighted by atomic mass is 10.1. The van der Waals surface area contributed by atoms with Gasteiger partial charge in [-0.15, -0.1) is 0 Å². The fraction of sp³-hybridized carbons (Fsp3) is 0.0667. The van der Waals surface area contributed by atoms with Crippen LogP contribution in [0.1, 0.15) is 5.56 Å². The Morgan fingerprint density at radius 2 is 1.76 bits per heavy atom. The topological polar surface area (TPSA) is 59.2 Å². The van der Waals surface area contributed by atoms with Crippen molar-refractivity contribution in [3.05, 3.63) is 53.6 Å². The number of nitrogens with zero attached hydrogens (tertiary/aromatic N) is 2. The minimum atomic E-state index is -0.727. The smallest absolute Gasteiger partial charge is 0.261 e. The molecule has 1 N–H and O–H groups in total. The van der Waals surface area contributed by atoms with E-state index < -0.39 is 11.6 Å². The molecule has 106 valence electrons. The number of hydrogen-bond acceptors (Lipinski definition) is 4. The lowest BCUT2D eigenvalue weighted by molar-refractivity contribution is 0.425. The van der Waals surface area contributed by atoms with E-state index >= 15 is 0 Å². The summed E-state index contributed by atoms with van der Waals surface area (Å²) in [5.41, 5.74) is 1.40. The minimum absolute atomic E-state index is 0.00405. The van der Waals surface area contributed by atoms with Crippen LogP contribution in [0.15, 0.2) is 40.9 Å². The van der Waals surface area contributed by atoms with Gasteiger partial charge in [0.2, 0.25) is 5.82 Å². The maximum absolute atomic E-state index is 13.2. The molecule has 3 rings (SSSR count). The van der Waals surface area contributed by atoms with Crippen LogP contribution in [0, 0.1) is 18.6 Å². The van der Waals surface area contributed by atoms with Crippen molar-refractivity contribution in [3.8, 4) is 28.6 Å². The van der Waals surface area contributed by atoms with Gasteiger partial charge in [0.25, 0.3) is 5.89 Å². The highest BCUT2D eigenvalue weighted by Gasteiger charge is 2.15. The molecule has 0 bridgehead atoms. The number of benzene rings is 2. The second-order valence-corrected chi connectivity index (χ2v) is 4.60. The van der Waals surface area contributed by atoms with Gasteiger partial charge in [-0.1, -0.05) is 11.2 Å². The van der Waals surface area contributed by atoms with Crippen molar-refractivity contribution in [2.24, 2.45) is 0 Å². The summed E-state index contributed by atoms with van der Waals surface area (Å²) < 4.78 is 31.4. The summed E-state index contributed by atoms with van der Waals surface area (Å²) in [5, 5.41) is 13.5. The molecule has 0 saturated carbocycles. The van der Waals surface area contributed by atoms with Crippen molar-refractivity contribution in [3.63, 3.8) is 0 Å². The van der Waals surface area contributed by atoms with E-state index in [4.69, 9.17) is 4.52 Å². The number of rotatable bonds is 2. The zero-order chi connectivity index (χ0) is 15.0. The van der Waals surface area contributed by atoms with Gasteiger partial charge < -0.3 is 9.63 Å². The van der Waals surface area contributed by atoms with Gasteiger partial charge in [0.05, 0.1) is 5.56 Å². The number of aryl methyl sites for hydroxylation is 1. The lowest BCUT2D eigenvalue weighted by Gasteiger charge is -1.99. The first-order valence-corrected chi connectivity index (χ1v) is 6.13. The molecule has 0 fully saturated rings. The maximum Gasteiger partial charge on any atom is 0.261 e.